The number of nitrogens with one attached hydrogen (secondary N) is 1. The molecule has 0 aliphatic carbocycles. The molecule has 24 heavy (non-hydrogen) atoms. The van der Waals surface area contributed by atoms with Gasteiger partial charge in [-0.1, -0.05) is 0 Å². The first-order chi connectivity index (χ1) is 11.2. The molecular weight excluding hydrogens is 328 g/mol. The Bertz CT molecular complexity index is 561. The second-order valence-corrected chi connectivity index (χ2v) is 6.35. The molecule has 2 aliphatic heterocycles. The summed E-state index contributed by atoms with van der Waals surface area (Å²) < 4.78 is 10.8. The van der Waals surface area contributed by atoms with Crippen molar-refractivity contribution in [2.75, 3.05) is 27.3 Å². The van der Waals surface area contributed by atoms with Crippen molar-refractivity contribution in [1.82, 2.24) is 10.2 Å². The van der Waals surface area contributed by atoms with Gasteiger partial charge in [0.25, 0.3) is 0 Å². The topological polar surface area (TPSA) is 50.8 Å². The van der Waals surface area contributed by atoms with Crippen molar-refractivity contribution < 1.29 is 14.3 Å². The van der Waals surface area contributed by atoms with Crippen LogP contribution in [0.1, 0.15) is 43.7 Å². The molecule has 0 bridgehead atoms. The van der Waals surface area contributed by atoms with Gasteiger partial charge in [-0.15, -0.1) is 12.4 Å². The Balaban J connectivity index is 0.00000208. The average molecular weight is 355 g/mol. The van der Waals surface area contributed by atoms with Crippen LogP contribution in [0, 0.1) is 0 Å². The number of carbonyl (C=O) groups excluding carboxylic acids is 1. The highest BCUT2D eigenvalue weighted by Gasteiger charge is 2.33. The van der Waals surface area contributed by atoms with Gasteiger partial charge in [0, 0.05) is 30.6 Å². The Labute approximate surface area is 150 Å². The molecule has 3 rings (SSSR count). The van der Waals surface area contributed by atoms with Gasteiger partial charge in [0.1, 0.15) is 11.5 Å². The monoisotopic (exact) mass is 354 g/mol. The molecule has 1 aromatic rings. The molecule has 5 nitrogen and oxygen atoms in total. The molecule has 1 N–H and O–H groups in total. The van der Waals surface area contributed by atoms with Gasteiger partial charge in [0.15, 0.2) is 0 Å². The maximum absolute atomic E-state index is 12.7. The van der Waals surface area contributed by atoms with E-state index in [1.165, 1.54) is 6.42 Å². The van der Waals surface area contributed by atoms with E-state index in [4.69, 9.17) is 9.47 Å². The smallest absolute Gasteiger partial charge is 0.224 e. The number of benzene rings is 1. The Hall–Kier alpha value is -1.46. The van der Waals surface area contributed by atoms with Gasteiger partial charge >= 0.3 is 0 Å². The van der Waals surface area contributed by atoms with Gasteiger partial charge in [-0.25, -0.2) is 0 Å². The molecule has 1 amide bonds. The molecule has 0 spiro atoms. The third-order valence-corrected chi connectivity index (χ3v) is 4.96. The molecule has 0 aromatic heterocycles. The van der Waals surface area contributed by atoms with Crippen LogP contribution in [0.25, 0.3) is 0 Å². The fourth-order valence-corrected chi connectivity index (χ4v) is 3.74. The van der Waals surface area contributed by atoms with Crippen LogP contribution < -0.4 is 14.8 Å². The molecule has 1 aromatic carbocycles. The summed E-state index contributed by atoms with van der Waals surface area (Å²) >= 11 is 0. The van der Waals surface area contributed by atoms with E-state index in [0.29, 0.717) is 12.5 Å². The summed E-state index contributed by atoms with van der Waals surface area (Å²) in [4.78, 5) is 14.8. The lowest BCUT2D eigenvalue weighted by Gasteiger charge is -2.27. The van der Waals surface area contributed by atoms with E-state index in [1.54, 1.807) is 14.2 Å². The zero-order valence-corrected chi connectivity index (χ0v) is 15.2. The summed E-state index contributed by atoms with van der Waals surface area (Å²) in [5.41, 5.74) is 1.08. The average Bonchev–Trinajstić information content (AvgIpc) is 3.25. The quantitative estimate of drug-likeness (QED) is 0.883. The number of hydrogen-bond donors (Lipinski definition) is 1. The third kappa shape index (κ3) is 3.95. The first-order valence-electron chi connectivity index (χ1n) is 8.47. The number of halogens is 1. The Morgan fingerprint density at radius 1 is 1.25 bits per heavy atom. The largest absolute Gasteiger partial charge is 0.497 e. The number of methoxy groups -OCH3 is 2. The predicted molar refractivity (Wildman–Crippen MR) is 96.1 cm³/mol. The van der Waals surface area contributed by atoms with Gasteiger partial charge < -0.3 is 19.7 Å². The van der Waals surface area contributed by atoms with E-state index < -0.39 is 0 Å². The van der Waals surface area contributed by atoms with Gasteiger partial charge in [0.05, 0.1) is 20.3 Å². The number of hydrogen-bond acceptors (Lipinski definition) is 4. The van der Waals surface area contributed by atoms with E-state index in [1.807, 2.05) is 23.1 Å². The summed E-state index contributed by atoms with van der Waals surface area (Å²) in [7, 11) is 3.32. The fraction of sp³-hybridized carbons (Fsp3) is 0.611. The predicted octanol–water partition coefficient (Wildman–Crippen LogP) is 2.93. The Kier molecular flexibility index (Phi) is 6.75. The number of likely N-dealkylation sites (tertiary alicyclic amines) is 1. The van der Waals surface area contributed by atoms with Crippen molar-refractivity contribution in [1.29, 1.82) is 0 Å². The maximum Gasteiger partial charge on any atom is 0.224 e. The summed E-state index contributed by atoms with van der Waals surface area (Å²) in [5, 5.41) is 3.41. The molecule has 2 heterocycles. The van der Waals surface area contributed by atoms with E-state index >= 15 is 0 Å². The number of carbonyl (C=O) groups is 1. The van der Waals surface area contributed by atoms with Gasteiger partial charge in [0.2, 0.25) is 5.91 Å². The summed E-state index contributed by atoms with van der Waals surface area (Å²) in [6.45, 7) is 1.87. The first-order valence-corrected chi connectivity index (χ1v) is 8.47. The lowest BCUT2D eigenvalue weighted by Crippen LogP contribution is -2.35. The second kappa shape index (κ2) is 8.58. The third-order valence-electron chi connectivity index (χ3n) is 4.96. The van der Waals surface area contributed by atoms with Gasteiger partial charge in [-0.3, -0.25) is 4.79 Å². The minimum Gasteiger partial charge on any atom is -0.497 e. The van der Waals surface area contributed by atoms with E-state index in [9.17, 15) is 4.79 Å². The van der Waals surface area contributed by atoms with Crippen LogP contribution in [-0.4, -0.2) is 44.2 Å². The van der Waals surface area contributed by atoms with Gasteiger partial charge in [-0.2, -0.15) is 0 Å². The molecule has 6 heteroatoms. The number of nitrogens with zero attached hydrogens (tertiary/aromatic N) is 1. The van der Waals surface area contributed by atoms with Crippen LogP contribution in [0.5, 0.6) is 11.5 Å². The lowest BCUT2D eigenvalue weighted by atomic mass is 10.0. The van der Waals surface area contributed by atoms with E-state index in [-0.39, 0.29) is 24.4 Å². The van der Waals surface area contributed by atoms with Crippen molar-refractivity contribution >= 4 is 18.3 Å². The first kappa shape index (κ1) is 18.9. The highest BCUT2D eigenvalue weighted by Crippen LogP contribution is 2.39. The molecule has 2 atom stereocenters. The standard InChI is InChI=1S/C18H26N2O3.ClH/c1-22-14-7-8-15(17(12-14)23-2)16-6-4-10-20(16)18(21)11-13-5-3-9-19-13;/h7-8,12-13,16,19H,3-6,9-11H2,1-2H3;1H. The lowest BCUT2D eigenvalue weighted by molar-refractivity contribution is -0.132. The molecule has 2 unspecified atom stereocenters. The van der Waals surface area contributed by atoms with Crippen molar-refractivity contribution in [3.8, 4) is 11.5 Å². The van der Waals surface area contributed by atoms with Crippen molar-refractivity contribution in [3.05, 3.63) is 23.8 Å². The van der Waals surface area contributed by atoms with Crippen molar-refractivity contribution in [3.63, 3.8) is 0 Å². The SMILES string of the molecule is COc1ccc(C2CCCN2C(=O)CC2CCCN2)c(OC)c1.Cl. The molecule has 0 radical (unpaired) electrons. The molecule has 134 valence electrons. The zero-order chi connectivity index (χ0) is 16.2. The van der Waals surface area contributed by atoms with Crippen molar-refractivity contribution in [2.45, 2.75) is 44.2 Å². The van der Waals surface area contributed by atoms with Crippen LogP contribution in [0.3, 0.4) is 0 Å². The minimum absolute atomic E-state index is 0. The van der Waals surface area contributed by atoms with Gasteiger partial charge in [-0.05, 0) is 44.4 Å². The number of amides is 1. The highest BCUT2D eigenvalue weighted by atomic mass is 35.5. The normalized spacial score (nSPS) is 23.0. The van der Waals surface area contributed by atoms with E-state index in [0.717, 1.165) is 49.4 Å². The minimum atomic E-state index is 0. The van der Waals surface area contributed by atoms with Crippen LogP contribution in [0.4, 0.5) is 0 Å². The molecule has 2 fully saturated rings. The second-order valence-electron chi connectivity index (χ2n) is 6.35. The number of ether oxygens (including phenoxy) is 2. The maximum atomic E-state index is 12.7. The fourth-order valence-electron chi connectivity index (χ4n) is 3.74. The summed E-state index contributed by atoms with van der Waals surface area (Å²) in [5.74, 6) is 1.83. The van der Waals surface area contributed by atoms with E-state index in [2.05, 4.69) is 5.32 Å². The molecular formula is C18H27ClN2O3. The zero-order valence-electron chi connectivity index (χ0n) is 14.4. The molecule has 2 aliphatic rings. The van der Waals surface area contributed by atoms with Crippen LogP contribution in [0.15, 0.2) is 18.2 Å². The Morgan fingerprint density at radius 3 is 2.75 bits per heavy atom. The van der Waals surface area contributed by atoms with Crippen LogP contribution in [-0.2, 0) is 4.79 Å². The van der Waals surface area contributed by atoms with Crippen LogP contribution >= 0.6 is 12.4 Å². The molecule has 2 saturated heterocycles. The van der Waals surface area contributed by atoms with Crippen LogP contribution in [0.2, 0.25) is 0 Å². The summed E-state index contributed by atoms with van der Waals surface area (Å²) in [6, 6.07) is 6.33. The summed E-state index contributed by atoms with van der Waals surface area (Å²) in [6.07, 6.45) is 4.93. The van der Waals surface area contributed by atoms with Crippen molar-refractivity contribution in [2.24, 2.45) is 0 Å². The molecule has 0 saturated carbocycles. The number of rotatable bonds is 5. The highest BCUT2D eigenvalue weighted by molar-refractivity contribution is 5.85. The Morgan fingerprint density at radius 2 is 2.08 bits per heavy atom.